The fourth-order valence-electron chi connectivity index (χ4n) is 0.665. The van der Waals surface area contributed by atoms with Crippen molar-refractivity contribution in [2.75, 3.05) is 20.4 Å². The summed E-state index contributed by atoms with van der Waals surface area (Å²) in [6, 6.07) is 0. The summed E-state index contributed by atoms with van der Waals surface area (Å²) in [5.74, 6) is 0. The molecule has 0 aliphatic carbocycles. The number of nitrogens with zero attached hydrogens (tertiary/aromatic N) is 4. The van der Waals surface area contributed by atoms with Crippen LogP contribution in [0.3, 0.4) is 0 Å². The molecule has 1 aromatic rings. The molecule has 1 rings (SSSR count). The molecule has 5 nitrogen and oxygen atoms in total. The van der Waals surface area contributed by atoms with Gasteiger partial charge in [-0.1, -0.05) is 11.8 Å². The van der Waals surface area contributed by atoms with Crippen molar-refractivity contribution in [1.29, 1.82) is 0 Å². The van der Waals surface area contributed by atoms with Gasteiger partial charge < -0.3 is 4.90 Å². The topological polar surface area (TPSA) is 51.0 Å². The Balaban J connectivity index is 0.000000385. The van der Waals surface area contributed by atoms with E-state index < -0.39 is 0 Å². The zero-order valence-electron chi connectivity index (χ0n) is 10.8. The molecule has 0 atom stereocenters. The van der Waals surface area contributed by atoms with Crippen molar-refractivity contribution >= 4 is 18.2 Å². The number of hydrogen-bond acceptors (Lipinski definition) is 4. The maximum Gasteiger partial charge on any atom is 0.209 e. The quantitative estimate of drug-likeness (QED) is 0.584. The third-order valence-corrected chi connectivity index (χ3v) is 2.10. The highest BCUT2D eigenvalue weighted by Gasteiger charge is 2.14. The zero-order chi connectivity index (χ0) is 12.8. The van der Waals surface area contributed by atoms with Crippen LogP contribution in [0.1, 0.15) is 20.8 Å². The average molecular weight is 244 g/mol. The number of carbonyl (C=O) groups is 1. The first kappa shape index (κ1) is 15.0. The van der Waals surface area contributed by atoms with Gasteiger partial charge in [-0.2, -0.15) is 0 Å². The Morgan fingerprint density at radius 1 is 1.44 bits per heavy atom. The molecule has 0 spiro atoms. The first-order chi connectivity index (χ1) is 7.31. The largest absolute Gasteiger partial charge is 0.351 e. The van der Waals surface area contributed by atoms with E-state index in [-0.39, 0.29) is 5.54 Å². The number of rotatable bonds is 2. The Labute approximate surface area is 101 Å². The van der Waals surface area contributed by atoms with Crippen LogP contribution in [0.5, 0.6) is 0 Å². The van der Waals surface area contributed by atoms with Crippen molar-refractivity contribution in [2.45, 2.75) is 31.5 Å². The lowest BCUT2D eigenvalue weighted by molar-refractivity contribution is -0.115. The predicted octanol–water partition coefficient (Wildman–Crippen LogP) is 1.46. The van der Waals surface area contributed by atoms with Gasteiger partial charge in [0.1, 0.15) is 6.33 Å². The van der Waals surface area contributed by atoms with Gasteiger partial charge in [-0.25, -0.2) is 9.67 Å². The monoisotopic (exact) mass is 244 g/mol. The lowest BCUT2D eigenvalue weighted by Crippen LogP contribution is -2.22. The van der Waals surface area contributed by atoms with Crippen LogP contribution in [0.25, 0.3) is 0 Å². The van der Waals surface area contributed by atoms with Crippen LogP contribution < -0.4 is 0 Å². The van der Waals surface area contributed by atoms with Crippen molar-refractivity contribution in [3.8, 4) is 0 Å². The molecule has 0 saturated carbocycles. The SMILES string of the molecule is CN(C)C=O.CSc1ncn(C(C)(C)C)n1. The fourth-order valence-corrected chi connectivity index (χ4v) is 0.987. The maximum absolute atomic E-state index is 9.43. The van der Waals surface area contributed by atoms with Crippen LogP contribution >= 0.6 is 11.8 Å². The summed E-state index contributed by atoms with van der Waals surface area (Å²) in [5.41, 5.74) is 0.0426. The second kappa shape index (κ2) is 6.52. The number of hydrogen-bond donors (Lipinski definition) is 0. The van der Waals surface area contributed by atoms with E-state index in [0.29, 0.717) is 0 Å². The lowest BCUT2D eigenvalue weighted by atomic mass is 10.1. The molecular weight excluding hydrogens is 224 g/mol. The van der Waals surface area contributed by atoms with Gasteiger partial charge in [-0.15, -0.1) is 5.10 Å². The van der Waals surface area contributed by atoms with Crippen LogP contribution in [0, 0.1) is 0 Å². The number of carbonyl (C=O) groups excluding carboxylic acids is 1. The van der Waals surface area contributed by atoms with E-state index in [2.05, 4.69) is 30.9 Å². The van der Waals surface area contributed by atoms with Gasteiger partial charge in [0.2, 0.25) is 11.6 Å². The highest BCUT2D eigenvalue weighted by Crippen LogP contribution is 2.14. The molecule has 0 fully saturated rings. The lowest BCUT2D eigenvalue weighted by Gasteiger charge is -2.17. The van der Waals surface area contributed by atoms with Crippen LogP contribution in [0.15, 0.2) is 11.5 Å². The molecule has 0 bridgehead atoms. The maximum atomic E-state index is 9.43. The summed E-state index contributed by atoms with van der Waals surface area (Å²) < 4.78 is 1.87. The predicted molar refractivity (Wildman–Crippen MR) is 66.6 cm³/mol. The molecule has 0 aliphatic heterocycles. The third-order valence-electron chi connectivity index (χ3n) is 1.55. The molecule has 0 aliphatic rings. The first-order valence-electron chi connectivity index (χ1n) is 4.89. The number of amides is 1. The van der Waals surface area contributed by atoms with E-state index in [1.54, 1.807) is 32.2 Å². The standard InChI is InChI=1S/C7H13N3S.C3H7NO/c1-7(2,3)10-5-8-6(9-10)11-4;1-4(2)3-5/h5H,1-4H3;3H,1-2H3. The van der Waals surface area contributed by atoms with Gasteiger partial charge in [-0.3, -0.25) is 4.79 Å². The van der Waals surface area contributed by atoms with Gasteiger partial charge in [0.15, 0.2) is 0 Å². The molecule has 0 aromatic carbocycles. The minimum Gasteiger partial charge on any atom is -0.351 e. The summed E-state index contributed by atoms with van der Waals surface area (Å²) >= 11 is 1.56. The minimum atomic E-state index is 0.0426. The Hall–Kier alpha value is -1.04. The molecule has 0 unspecified atom stereocenters. The zero-order valence-corrected chi connectivity index (χ0v) is 11.6. The molecule has 16 heavy (non-hydrogen) atoms. The minimum absolute atomic E-state index is 0.0426. The van der Waals surface area contributed by atoms with Crippen LogP contribution in [-0.4, -0.2) is 46.4 Å². The van der Waals surface area contributed by atoms with Crippen LogP contribution in [0.2, 0.25) is 0 Å². The van der Waals surface area contributed by atoms with Gasteiger partial charge in [-0.05, 0) is 27.0 Å². The van der Waals surface area contributed by atoms with Crippen LogP contribution in [0.4, 0.5) is 0 Å². The third kappa shape index (κ3) is 5.75. The molecule has 1 amide bonds. The smallest absolute Gasteiger partial charge is 0.209 e. The molecule has 6 heteroatoms. The Morgan fingerprint density at radius 3 is 2.12 bits per heavy atom. The fraction of sp³-hybridized carbons (Fsp3) is 0.700. The Bertz CT molecular complexity index is 317. The molecule has 0 saturated heterocycles. The van der Waals surface area contributed by atoms with Crippen molar-refractivity contribution in [3.63, 3.8) is 0 Å². The molecule has 92 valence electrons. The molecule has 1 heterocycles. The highest BCUT2D eigenvalue weighted by molar-refractivity contribution is 7.98. The molecule has 0 radical (unpaired) electrons. The van der Waals surface area contributed by atoms with E-state index in [1.807, 2.05) is 10.9 Å². The Kier molecular flexibility index (Phi) is 6.10. The summed E-state index contributed by atoms with van der Waals surface area (Å²) in [7, 11) is 3.38. The highest BCUT2D eigenvalue weighted by atomic mass is 32.2. The Morgan fingerprint density at radius 2 is 1.94 bits per heavy atom. The average Bonchev–Trinajstić information content (AvgIpc) is 2.66. The summed E-state index contributed by atoms with van der Waals surface area (Å²) in [4.78, 5) is 15.0. The van der Waals surface area contributed by atoms with Crippen molar-refractivity contribution in [2.24, 2.45) is 0 Å². The van der Waals surface area contributed by atoms with Crippen molar-refractivity contribution < 1.29 is 4.79 Å². The number of thioether (sulfide) groups is 1. The first-order valence-corrected chi connectivity index (χ1v) is 6.11. The van der Waals surface area contributed by atoms with Gasteiger partial charge >= 0.3 is 0 Å². The summed E-state index contributed by atoms with van der Waals surface area (Å²) in [6.07, 6.45) is 4.49. The normalized spacial score (nSPS) is 10.4. The number of aromatic nitrogens is 3. The van der Waals surface area contributed by atoms with Gasteiger partial charge in [0.25, 0.3) is 0 Å². The second-order valence-electron chi connectivity index (χ2n) is 4.42. The molecule has 1 aromatic heterocycles. The van der Waals surface area contributed by atoms with Crippen molar-refractivity contribution in [3.05, 3.63) is 6.33 Å². The summed E-state index contributed by atoms with van der Waals surface area (Å²) in [5, 5.41) is 5.10. The van der Waals surface area contributed by atoms with E-state index in [0.717, 1.165) is 11.6 Å². The van der Waals surface area contributed by atoms with E-state index >= 15 is 0 Å². The van der Waals surface area contributed by atoms with Crippen LogP contribution in [-0.2, 0) is 10.3 Å². The second-order valence-corrected chi connectivity index (χ2v) is 5.19. The molecule has 0 N–H and O–H groups in total. The van der Waals surface area contributed by atoms with E-state index in [4.69, 9.17) is 0 Å². The summed E-state index contributed by atoms with van der Waals surface area (Å²) in [6.45, 7) is 6.31. The van der Waals surface area contributed by atoms with Gasteiger partial charge in [0, 0.05) is 14.1 Å². The van der Waals surface area contributed by atoms with Gasteiger partial charge in [0.05, 0.1) is 5.54 Å². The van der Waals surface area contributed by atoms with E-state index in [9.17, 15) is 4.79 Å². The van der Waals surface area contributed by atoms with E-state index in [1.165, 1.54) is 4.90 Å². The van der Waals surface area contributed by atoms with Crippen molar-refractivity contribution in [1.82, 2.24) is 19.7 Å². The molecular formula is C10H20N4OS.